The molecule has 1 aromatic rings. The van der Waals surface area contributed by atoms with Gasteiger partial charge in [0.2, 0.25) is 11.2 Å². The fraction of sp³-hybridized carbons (Fsp3) is 0.444. The maximum absolute atomic E-state index is 11.1. The van der Waals surface area contributed by atoms with E-state index in [0.717, 1.165) is 13.3 Å². The molecule has 2 atom stereocenters. The lowest BCUT2D eigenvalue weighted by Gasteiger charge is -2.17. The first-order chi connectivity index (χ1) is 8.01. The molecule has 1 aromatic heterocycles. The van der Waals surface area contributed by atoms with Gasteiger partial charge in [-0.25, -0.2) is 9.78 Å². The van der Waals surface area contributed by atoms with E-state index in [4.69, 9.17) is 16.3 Å². The summed E-state index contributed by atoms with van der Waals surface area (Å²) >= 11 is 5.53. The van der Waals surface area contributed by atoms with E-state index >= 15 is 0 Å². The Morgan fingerprint density at radius 3 is 2.65 bits per heavy atom. The zero-order valence-electron chi connectivity index (χ0n) is 9.12. The number of rotatable bonds is 4. The number of esters is 1. The number of aliphatic hydroxyl groups excluding tert-OH is 2. The van der Waals surface area contributed by atoms with Crippen molar-refractivity contribution in [3.63, 3.8) is 0 Å². The first-order valence-electron chi connectivity index (χ1n) is 4.51. The van der Waals surface area contributed by atoms with Crippen LogP contribution in [0.4, 0.5) is 0 Å². The highest BCUT2D eigenvalue weighted by atomic mass is 35.5. The first kappa shape index (κ1) is 13.6. The molecule has 1 rings (SSSR count). The van der Waals surface area contributed by atoms with Gasteiger partial charge in [-0.3, -0.25) is 0 Å². The largest absolute Gasteiger partial charge is 0.481 e. The molecule has 7 nitrogen and oxygen atoms in total. The number of nitrogens with zero attached hydrogens (tertiary/aromatic N) is 2. The number of hydrogen-bond acceptors (Lipinski definition) is 7. The van der Waals surface area contributed by atoms with Gasteiger partial charge in [-0.05, 0) is 11.6 Å². The summed E-state index contributed by atoms with van der Waals surface area (Å²) in [6.45, 7) is 0. The van der Waals surface area contributed by atoms with Crippen LogP contribution in [0.25, 0.3) is 0 Å². The Bertz CT molecular complexity index is 414. The third kappa shape index (κ3) is 3.02. The fourth-order valence-corrected chi connectivity index (χ4v) is 1.27. The summed E-state index contributed by atoms with van der Waals surface area (Å²) < 4.78 is 9.15. The minimum atomic E-state index is -1.75. The second-order valence-corrected chi connectivity index (χ2v) is 3.35. The number of methoxy groups -OCH3 is 2. The Kier molecular flexibility index (Phi) is 4.62. The number of aliphatic hydroxyl groups is 2. The van der Waals surface area contributed by atoms with Crippen LogP contribution in [0.1, 0.15) is 11.7 Å². The van der Waals surface area contributed by atoms with Crippen molar-refractivity contribution in [1.29, 1.82) is 0 Å². The van der Waals surface area contributed by atoms with Gasteiger partial charge in [0.15, 0.2) is 6.10 Å². The standard InChI is InChI=1S/C9H11ClN2O5/c1-16-7-4(3-11-9(10)12-7)5(13)6(14)8(15)17-2/h3,5-6,13-14H,1-2H3. The molecule has 0 fully saturated rings. The van der Waals surface area contributed by atoms with Crippen molar-refractivity contribution in [2.24, 2.45) is 0 Å². The van der Waals surface area contributed by atoms with E-state index in [1.807, 2.05) is 0 Å². The molecule has 0 aromatic carbocycles. The van der Waals surface area contributed by atoms with E-state index in [-0.39, 0.29) is 16.7 Å². The lowest BCUT2D eigenvalue weighted by Crippen LogP contribution is -2.29. The molecule has 2 N–H and O–H groups in total. The molecule has 8 heteroatoms. The summed E-state index contributed by atoms with van der Waals surface area (Å²) in [6, 6.07) is 0. The average molecular weight is 263 g/mol. The number of ether oxygens (including phenoxy) is 2. The normalized spacial score (nSPS) is 13.9. The van der Waals surface area contributed by atoms with Crippen LogP contribution in [0.2, 0.25) is 5.28 Å². The second-order valence-electron chi connectivity index (χ2n) is 3.02. The van der Waals surface area contributed by atoms with Crippen molar-refractivity contribution in [1.82, 2.24) is 9.97 Å². The lowest BCUT2D eigenvalue weighted by molar-refractivity contribution is -0.156. The SMILES string of the molecule is COC(=O)C(O)C(O)c1cnc(Cl)nc1OC. The van der Waals surface area contributed by atoms with E-state index in [2.05, 4.69) is 14.7 Å². The number of carbonyl (C=O) groups is 1. The van der Waals surface area contributed by atoms with Gasteiger partial charge < -0.3 is 19.7 Å². The molecule has 94 valence electrons. The summed E-state index contributed by atoms with van der Waals surface area (Å²) in [5.41, 5.74) is 0.0369. The Morgan fingerprint density at radius 1 is 1.47 bits per heavy atom. The van der Waals surface area contributed by atoms with Crippen LogP contribution in [0.15, 0.2) is 6.20 Å². The molecule has 1 heterocycles. The van der Waals surface area contributed by atoms with Crippen LogP contribution >= 0.6 is 11.6 Å². The number of halogens is 1. The Balaban J connectivity index is 3.03. The maximum Gasteiger partial charge on any atom is 0.337 e. The smallest absolute Gasteiger partial charge is 0.337 e. The summed E-state index contributed by atoms with van der Waals surface area (Å²) in [7, 11) is 2.40. The molecule has 0 saturated carbocycles. The summed E-state index contributed by atoms with van der Waals surface area (Å²) in [6.07, 6.45) is -2.15. The van der Waals surface area contributed by atoms with Crippen LogP contribution in [0, 0.1) is 0 Å². The number of aromatic nitrogens is 2. The van der Waals surface area contributed by atoms with E-state index in [1.54, 1.807) is 0 Å². The minimum absolute atomic E-state index is 0.0274. The fourth-order valence-electron chi connectivity index (χ4n) is 1.14. The maximum atomic E-state index is 11.1. The van der Waals surface area contributed by atoms with Gasteiger partial charge >= 0.3 is 5.97 Å². The highest BCUT2D eigenvalue weighted by molar-refractivity contribution is 6.28. The Hall–Kier alpha value is -1.44. The predicted molar refractivity (Wildman–Crippen MR) is 56.6 cm³/mol. The van der Waals surface area contributed by atoms with Crippen molar-refractivity contribution < 1.29 is 24.5 Å². The molecular weight excluding hydrogens is 252 g/mol. The summed E-state index contributed by atoms with van der Waals surface area (Å²) in [4.78, 5) is 18.4. The van der Waals surface area contributed by atoms with Crippen LogP contribution in [-0.4, -0.2) is 46.5 Å². The molecule has 0 radical (unpaired) electrons. The lowest BCUT2D eigenvalue weighted by atomic mass is 10.1. The van der Waals surface area contributed by atoms with Crippen molar-refractivity contribution in [3.8, 4) is 5.88 Å². The molecular formula is C9H11ClN2O5. The summed E-state index contributed by atoms with van der Waals surface area (Å²) in [5.74, 6) is -1.00. The summed E-state index contributed by atoms with van der Waals surface area (Å²) in [5, 5.41) is 19.1. The molecule has 0 saturated heterocycles. The van der Waals surface area contributed by atoms with Gasteiger partial charge in [0, 0.05) is 6.20 Å². The third-order valence-corrected chi connectivity index (χ3v) is 2.19. The van der Waals surface area contributed by atoms with Gasteiger partial charge in [0.1, 0.15) is 6.10 Å². The third-order valence-electron chi connectivity index (χ3n) is 2.00. The quantitative estimate of drug-likeness (QED) is 0.568. The van der Waals surface area contributed by atoms with Crippen LogP contribution in [0.3, 0.4) is 0 Å². The van der Waals surface area contributed by atoms with Crippen LogP contribution < -0.4 is 4.74 Å². The molecule has 0 aliphatic heterocycles. The van der Waals surface area contributed by atoms with E-state index < -0.39 is 18.2 Å². The highest BCUT2D eigenvalue weighted by Gasteiger charge is 2.29. The average Bonchev–Trinajstić information content (AvgIpc) is 2.35. The predicted octanol–water partition coefficient (Wildman–Crippen LogP) is -0.294. The minimum Gasteiger partial charge on any atom is -0.481 e. The molecule has 0 aliphatic rings. The number of hydrogen-bond donors (Lipinski definition) is 2. The molecule has 17 heavy (non-hydrogen) atoms. The molecule has 2 unspecified atom stereocenters. The Morgan fingerprint density at radius 2 is 2.12 bits per heavy atom. The first-order valence-corrected chi connectivity index (χ1v) is 4.89. The zero-order chi connectivity index (χ0) is 13.0. The molecule has 0 spiro atoms. The van der Waals surface area contributed by atoms with Gasteiger partial charge in [0.25, 0.3) is 0 Å². The van der Waals surface area contributed by atoms with Gasteiger partial charge in [-0.2, -0.15) is 4.98 Å². The monoisotopic (exact) mass is 262 g/mol. The van der Waals surface area contributed by atoms with E-state index in [1.165, 1.54) is 7.11 Å². The van der Waals surface area contributed by atoms with Gasteiger partial charge in [-0.15, -0.1) is 0 Å². The van der Waals surface area contributed by atoms with Crippen LogP contribution in [-0.2, 0) is 9.53 Å². The molecule has 0 aliphatic carbocycles. The van der Waals surface area contributed by atoms with E-state index in [9.17, 15) is 15.0 Å². The Labute approximate surface area is 102 Å². The van der Waals surface area contributed by atoms with Gasteiger partial charge in [-0.1, -0.05) is 0 Å². The topological polar surface area (TPSA) is 102 Å². The number of carbonyl (C=O) groups excluding carboxylic acids is 1. The van der Waals surface area contributed by atoms with Crippen molar-refractivity contribution >= 4 is 17.6 Å². The van der Waals surface area contributed by atoms with Crippen LogP contribution in [0.5, 0.6) is 5.88 Å². The zero-order valence-corrected chi connectivity index (χ0v) is 9.88. The van der Waals surface area contributed by atoms with E-state index in [0.29, 0.717) is 0 Å². The van der Waals surface area contributed by atoms with Crippen molar-refractivity contribution in [2.45, 2.75) is 12.2 Å². The van der Waals surface area contributed by atoms with Gasteiger partial charge in [0.05, 0.1) is 19.8 Å². The van der Waals surface area contributed by atoms with Crippen molar-refractivity contribution in [3.05, 3.63) is 17.0 Å². The highest BCUT2D eigenvalue weighted by Crippen LogP contribution is 2.26. The molecule has 0 bridgehead atoms. The second kappa shape index (κ2) is 5.76. The molecule has 0 amide bonds. The van der Waals surface area contributed by atoms with Crippen molar-refractivity contribution in [2.75, 3.05) is 14.2 Å².